The van der Waals surface area contributed by atoms with Crippen LogP contribution < -0.4 is 9.64 Å². The Bertz CT molecular complexity index is 1200. The van der Waals surface area contributed by atoms with Gasteiger partial charge in [-0.15, -0.1) is 0 Å². The maximum atomic E-state index is 12.5. The highest BCUT2D eigenvalue weighted by Gasteiger charge is 2.21. The number of fused-ring (bicyclic) bond motifs is 1. The van der Waals surface area contributed by atoms with E-state index in [1.807, 2.05) is 50.2 Å². The standard InChI is InChI=1S/C23H22N4O3/c1-14-23(15(2)30-26-14)19-11-20-18(12-22(19)29-4)21(8-10-25-20)27(16(3)28)13-17-7-5-6-9-24-17/h5-12H,13H2,1-4H3. The molecule has 0 bridgehead atoms. The smallest absolute Gasteiger partial charge is 0.224 e. The van der Waals surface area contributed by atoms with E-state index in [0.717, 1.165) is 39.1 Å². The topological polar surface area (TPSA) is 81.4 Å². The Morgan fingerprint density at radius 1 is 1.13 bits per heavy atom. The summed E-state index contributed by atoms with van der Waals surface area (Å²) in [5.74, 6) is 1.29. The highest BCUT2D eigenvalue weighted by atomic mass is 16.5. The summed E-state index contributed by atoms with van der Waals surface area (Å²) in [6.45, 7) is 5.67. The van der Waals surface area contributed by atoms with E-state index >= 15 is 0 Å². The minimum absolute atomic E-state index is 0.0816. The molecule has 4 aromatic rings. The van der Waals surface area contributed by atoms with Gasteiger partial charge in [-0.1, -0.05) is 11.2 Å². The molecule has 0 saturated heterocycles. The van der Waals surface area contributed by atoms with Crippen LogP contribution in [0, 0.1) is 13.8 Å². The first-order chi connectivity index (χ1) is 14.5. The molecular formula is C23H22N4O3. The van der Waals surface area contributed by atoms with Crippen LogP contribution in [0.4, 0.5) is 5.69 Å². The first-order valence-electron chi connectivity index (χ1n) is 9.57. The monoisotopic (exact) mass is 402 g/mol. The van der Waals surface area contributed by atoms with Crippen LogP contribution in [0.5, 0.6) is 5.75 Å². The maximum absolute atomic E-state index is 12.5. The quantitative estimate of drug-likeness (QED) is 0.490. The highest BCUT2D eigenvalue weighted by Crippen LogP contribution is 2.39. The van der Waals surface area contributed by atoms with Gasteiger partial charge in [-0.3, -0.25) is 14.8 Å². The second-order valence-corrected chi connectivity index (χ2v) is 7.03. The van der Waals surface area contributed by atoms with Crippen LogP contribution in [0.3, 0.4) is 0 Å². The van der Waals surface area contributed by atoms with Crippen molar-refractivity contribution in [3.8, 4) is 16.9 Å². The summed E-state index contributed by atoms with van der Waals surface area (Å²) in [5.41, 5.74) is 4.82. The second kappa shape index (κ2) is 7.94. The Hall–Kier alpha value is -3.74. The molecule has 3 aromatic heterocycles. The number of anilines is 1. The van der Waals surface area contributed by atoms with Gasteiger partial charge in [0.05, 0.1) is 41.8 Å². The van der Waals surface area contributed by atoms with E-state index < -0.39 is 0 Å². The summed E-state index contributed by atoms with van der Waals surface area (Å²) in [6, 6.07) is 11.3. The minimum Gasteiger partial charge on any atom is -0.496 e. The van der Waals surface area contributed by atoms with Gasteiger partial charge in [0.2, 0.25) is 5.91 Å². The first kappa shape index (κ1) is 19.6. The third-order valence-corrected chi connectivity index (χ3v) is 5.06. The molecule has 152 valence electrons. The van der Waals surface area contributed by atoms with E-state index in [2.05, 4.69) is 15.1 Å². The predicted octanol–water partition coefficient (Wildman–Crippen LogP) is 4.46. The molecule has 7 nitrogen and oxygen atoms in total. The zero-order valence-electron chi connectivity index (χ0n) is 17.3. The summed E-state index contributed by atoms with van der Waals surface area (Å²) in [7, 11) is 1.62. The molecule has 0 aliphatic carbocycles. The molecule has 30 heavy (non-hydrogen) atoms. The number of nitrogens with zero attached hydrogens (tertiary/aromatic N) is 4. The zero-order valence-corrected chi connectivity index (χ0v) is 17.3. The number of carbonyl (C=O) groups excluding carboxylic acids is 1. The molecule has 0 N–H and O–H groups in total. The van der Waals surface area contributed by atoms with Crippen molar-refractivity contribution in [2.45, 2.75) is 27.3 Å². The minimum atomic E-state index is -0.0816. The number of methoxy groups -OCH3 is 1. The number of aromatic nitrogens is 3. The number of pyridine rings is 2. The average Bonchev–Trinajstić information content (AvgIpc) is 3.09. The molecule has 0 radical (unpaired) electrons. The molecule has 0 saturated carbocycles. The average molecular weight is 402 g/mol. The van der Waals surface area contributed by atoms with E-state index in [-0.39, 0.29) is 5.91 Å². The van der Waals surface area contributed by atoms with E-state index in [4.69, 9.17) is 9.26 Å². The van der Waals surface area contributed by atoms with Crippen LogP contribution in [-0.2, 0) is 11.3 Å². The maximum Gasteiger partial charge on any atom is 0.224 e. The SMILES string of the molecule is COc1cc2c(N(Cc3ccccn3)C(C)=O)ccnc2cc1-c1c(C)noc1C. The van der Waals surface area contributed by atoms with Crippen molar-refractivity contribution in [1.29, 1.82) is 0 Å². The third kappa shape index (κ3) is 3.50. The lowest BCUT2D eigenvalue weighted by molar-refractivity contribution is -0.116. The van der Waals surface area contributed by atoms with Crippen LogP contribution in [0.1, 0.15) is 24.1 Å². The zero-order chi connectivity index (χ0) is 21.3. The van der Waals surface area contributed by atoms with E-state index in [9.17, 15) is 4.79 Å². The summed E-state index contributed by atoms with van der Waals surface area (Å²) < 4.78 is 11.0. The van der Waals surface area contributed by atoms with Gasteiger partial charge in [-0.25, -0.2) is 0 Å². The summed E-state index contributed by atoms with van der Waals surface area (Å²) in [4.78, 5) is 23.1. The van der Waals surface area contributed by atoms with E-state index in [0.29, 0.717) is 18.1 Å². The molecule has 0 atom stereocenters. The van der Waals surface area contributed by atoms with Crippen LogP contribution in [0.2, 0.25) is 0 Å². The molecule has 3 heterocycles. The highest BCUT2D eigenvalue weighted by molar-refractivity contribution is 6.03. The summed E-state index contributed by atoms with van der Waals surface area (Å²) in [6.07, 6.45) is 3.42. The molecule has 0 unspecified atom stereocenters. The van der Waals surface area contributed by atoms with Crippen LogP contribution >= 0.6 is 0 Å². The molecule has 7 heteroatoms. The molecule has 0 fully saturated rings. The number of hydrogen-bond acceptors (Lipinski definition) is 6. The van der Waals surface area contributed by atoms with Crippen molar-refractivity contribution in [1.82, 2.24) is 15.1 Å². The Morgan fingerprint density at radius 3 is 2.60 bits per heavy atom. The predicted molar refractivity (Wildman–Crippen MR) is 114 cm³/mol. The van der Waals surface area contributed by atoms with Crippen molar-refractivity contribution >= 4 is 22.5 Å². The lowest BCUT2D eigenvalue weighted by Gasteiger charge is -2.23. The molecule has 1 amide bonds. The van der Waals surface area contributed by atoms with E-state index in [1.54, 1.807) is 31.3 Å². The van der Waals surface area contributed by atoms with Gasteiger partial charge in [-0.2, -0.15) is 0 Å². The van der Waals surface area contributed by atoms with Crippen LogP contribution in [0.25, 0.3) is 22.0 Å². The molecule has 4 rings (SSSR count). The van der Waals surface area contributed by atoms with Gasteiger partial charge in [-0.05, 0) is 44.2 Å². The van der Waals surface area contributed by atoms with Gasteiger partial charge in [0, 0.05) is 30.3 Å². The molecule has 0 aliphatic heterocycles. The van der Waals surface area contributed by atoms with Crippen molar-refractivity contribution in [3.63, 3.8) is 0 Å². The number of ether oxygens (including phenoxy) is 1. The van der Waals surface area contributed by atoms with Crippen LogP contribution in [-0.4, -0.2) is 28.1 Å². The lowest BCUT2D eigenvalue weighted by atomic mass is 10.00. The fourth-order valence-electron chi connectivity index (χ4n) is 3.65. The Kier molecular flexibility index (Phi) is 5.18. The number of hydrogen-bond donors (Lipinski definition) is 0. The third-order valence-electron chi connectivity index (χ3n) is 5.06. The largest absolute Gasteiger partial charge is 0.496 e. The van der Waals surface area contributed by atoms with Gasteiger partial charge < -0.3 is 14.2 Å². The Balaban J connectivity index is 1.88. The van der Waals surface area contributed by atoms with Crippen molar-refractivity contribution < 1.29 is 14.1 Å². The first-order valence-corrected chi connectivity index (χ1v) is 9.57. The van der Waals surface area contributed by atoms with Gasteiger partial charge in [0.1, 0.15) is 11.5 Å². The van der Waals surface area contributed by atoms with Crippen molar-refractivity contribution in [2.75, 3.05) is 12.0 Å². The molecule has 1 aromatic carbocycles. The van der Waals surface area contributed by atoms with Gasteiger partial charge >= 0.3 is 0 Å². The fraction of sp³-hybridized carbons (Fsp3) is 0.217. The molecule has 0 aliphatic rings. The number of benzene rings is 1. The number of carbonyl (C=O) groups is 1. The molecular weight excluding hydrogens is 380 g/mol. The van der Waals surface area contributed by atoms with Crippen LogP contribution in [0.15, 0.2) is 53.3 Å². The van der Waals surface area contributed by atoms with Gasteiger partial charge in [0.15, 0.2) is 0 Å². The summed E-state index contributed by atoms with van der Waals surface area (Å²) in [5, 5.41) is 4.87. The number of rotatable bonds is 5. The fourth-order valence-corrected chi connectivity index (χ4v) is 3.65. The summed E-state index contributed by atoms with van der Waals surface area (Å²) >= 11 is 0. The molecule has 0 spiro atoms. The second-order valence-electron chi connectivity index (χ2n) is 7.03. The van der Waals surface area contributed by atoms with Crippen molar-refractivity contribution in [3.05, 3.63) is 65.9 Å². The number of aryl methyl sites for hydroxylation is 2. The van der Waals surface area contributed by atoms with E-state index in [1.165, 1.54) is 0 Å². The van der Waals surface area contributed by atoms with Gasteiger partial charge in [0.25, 0.3) is 0 Å². The Labute approximate surface area is 174 Å². The normalized spacial score (nSPS) is 10.9. The Morgan fingerprint density at radius 2 is 1.97 bits per heavy atom. The lowest BCUT2D eigenvalue weighted by Crippen LogP contribution is -2.28. The number of amides is 1. The van der Waals surface area contributed by atoms with Crippen molar-refractivity contribution in [2.24, 2.45) is 0 Å².